The maximum absolute atomic E-state index is 11.0. The van der Waals surface area contributed by atoms with E-state index in [2.05, 4.69) is 0 Å². The van der Waals surface area contributed by atoms with Gasteiger partial charge in [0.15, 0.2) is 0 Å². The fourth-order valence-electron chi connectivity index (χ4n) is 1.67. The summed E-state index contributed by atoms with van der Waals surface area (Å²) < 4.78 is 0. The first kappa shape index (κ1) is 14.3. The molecule has 0 atom stereocenters. The zero-order valence-corrected chi connectivity index (χ0v) is 8.76. The zero-order chi connectivity index (χ0) is 11.7. The number of aliphatic hydroxyl groups is 3. The van der Waals surface area contributed by atoms with Gasteiger partial charge in [0.2, 0.25) is 5.54 Å². The lowest BCUT2D eigenvalue weighted by molar-refractivity contribution is -0.575. The predicted octanol–water partition coefficient (Wildman–Crippen LogP) is -0.0707. The van der Waals surface area contributed by atoms with Crippen molar-refractivity contribution in [1.29, 1.82) is 0 Å². The first-order valence-electron chi connectivity index (χ1n) is 5.10. The summed E-state index contributed by atoms with van der Waals surface area (Å²) in [5.74, 6) is 0. The molecule has 90 valence electrons. The highest BCUT2D eigenvalue weighted by atomic mass is 16.6. The average Bonchev–Trinajstić information content (AvgIpc) is 2.22. The van der Waals surface area contributed by atoms with Crippen LogP contribution in [0.15, 0.2) is 0 Å². The molecule has 0 unspecified atom stereocenters. The van der Waals surface area contributed by atoms with Crippen LogP contribution in [0.3, 0.4) is 0 Å². The smallest absolute Gasteiger partial charge is 0.224 e. The van der Waals surface area contributed by atoms with Crippen molar-refractivity contribution >= 4 is 0 Å². The van der Waals surface area contributed by atoms with Gasteiger partial charge in [-0.2, -0.15) is 0 Å². The highest BCUT2D eigenvalue weighted by molar-refractivity contribution is 4.79. The molecule has 0 aromatic carbocycles. The van der Waals surface area contributed by atoms with Crippen LogP contribution in [-0.4, -0.2) is 45.6 Å². The Morgan fingerprint density at radius 3 is 1.67 bits per heavy atom. The molecule has 0 aromatic heterocycles. The van der Waals surface area contributed by atoms with Crippen LogP contribution in [0.2, 0.25) is 0 Å². The summed E-state index contributed by atoms with van der Waals surface area (Å²) in [4.78, 5) is 10.6. The molecule has 0 aliphatic carbocycles. The minimum Gasteiger partial charge on any atom is -0.396 e. The van der Waals surface area contributed by atoms with Crippen molar-refractivity contribution in [3.63, 3.8) is 0 Å². The number of hydrogen-bond acceptors (Lipinski definition) is 5. The maximum Gasteiger partial charge on any atom is 0.224 e. The molecule has 0 bridgehead atoms. The van der Waals surface area contributed by atoms with E-state index in [0.717, 1.165) is 0 Å². The normalized spacial score (nSPS) is 11.7. The Balaban J connectivity index is 4.48. The van der Waals surface area contributed by atoms with Gasteiger partial charge >= 0.3 is 0 Å². The number of nitrogens with zero attached hydrogens (tertiary/aromatic N) is 1. The summed E-state index contributed by atoms with van der Waals surface area (Å²) in [5.41, 5.74) is -1.19. The Labute approximate surface area is 88.7 Å². The van der Waals surface area contributed by atoms with Crippen LogP contribution in [0, 0.1) is 10.1 Å². The highest BCUT2D eigenvalue weighted by Gasteiger charge is 2.40. The van der Waals surface area contributed by atoms with Gasteiger partial charge in [-0.25, -0.2) is 0 Å². The molecule has 0 saturated carbocycles. The number of hydrogen-bond donors (Lipinski definition) is 3. The van der Waals surface area contributed by atoms with Gasteiger partial charge < -0.3 is 15.3 Å². The summed E-state index contributed by atoms with van der Waals surface area (Å²) in [6.07, 6.45) is 1.22. The molecular formula is C9H19NO5. The third kappa shape index (κ3) is 4.55. The molecule has 0 aliphatic heterocycles. The Morgan fingerprint density at radius 1 is 0.933 bits per heavy atom. The van der Waals surface area contributed by atoms with Crippen LogP contribution in [0.4, 0.5) is 0 Å². The molecule has 0 saturated heterocycles. The molecule has 6 nitrogen and oxygen atoms in total. The van der Waals surface area contributed by atoms with E-state index < -0.39 is 10.5 Å². The second-order valence-corrected chi connectivity index (χ2v) is 3.61. The third-order valence-corrected chi connectivity index (χ3v) is 2.56. The molecule has 0 aliphatic rings. The van der Waals surface area contributed by atoms with Crippen LogP contribution in [0.25, 0.3) is 0 Å². The van der Waals surface area contributed by atoms with Crippen molar-refractivity contribution in [2.24, 2.45) is 0 Å². The minimum atomic E-state index is -1.19. The van der Waals surface area contributed by atoms with Crippen molar-refractivity contribution in [2.75, 3.05) is 19.8 Å². The van der Waals surface area contributed by atoms with Crippen molar-refractivity contribution in [3.05, 3.63) is 10.1 Å². The molecule has 0 rings (SSSR count). The topological polar surface area (TPSA) is 104 Å². The van der Waals surface area contributed by atoms with Crippen LogP contribution >= 0.6 is 0 Å². The summed E-state index contributed by atoms with van der Waals surface area (Å²) in [7, 11) is 0. The Kier molecular flexibility index (Phi) is 7.19. The summed E-state index contributed by atoms with van der Waals surface area (Å²) in [6.45, 7) is -0.446. The van der Waals surface area contributed by atoms with E-state index in [9.17, 15) is 10.1 Å². The second kappa shape index (κ2) is 7.56. The fourth-order valence-corrected chi connectivity index (χ4v) is 1.67. The largest absolute Gasteiger partial charge is 0.396 e. The van der Waals surface area contributed by atoms with Crippen LogP contribution in [0.5, 0.6) is 0 Å². The Morgan fingerprint density at radius 2 is 1.40 bits per heavy atom. The SMILES string of the molecule is O=[N+]([O-])C(CCO)(CCCO)CCCO. The molecule has 0 spiro atoms. The lowest BCUT2D eigenvalue weighted by atomic mass is 9.86. The van der Waals surface area contributed by atoms with Gasteiger partial charge in [-0.05, 0) is 12.8 Å². The van der Waals surface area contributed by atoms with E-state index in [1.807, 2.05) is 0 Å². The second-order valence-electron chi connectivity index (χ2n) is 3.61. The first-order valence-corrected chi connectivity index (χ1v) is 5.10. The van der Waals surface area contributed by atoms with Gasteiger partial charge in [0, 0.05) is 44.0 Å². The van der Waals surface area contributed by atoms with E-state index in [1.165, 1.54) is 0 Å². The van der Waals surface area contributed by atoms with Gasteiger partial charge in [0.05, 0.1) is 0 Å². The fraction of sp³-hybridized carbons (Fsp3) is 1.00. The van der Waals surface area contributed by atoms with Gasteiger partial charge in [0.1, 0.15) is 0 Å². The molecular weight excluding hydrogens is 202 g/mol. The van der Waals surface area contributed by atoms with Crippen LogP contribution in [0.1, 0.15) is 32.1 Å². The molecule has 0 heterocycles. The van der Waals surface area contributed by atoms with Gasteiger partial charge in [-0.15, -0.1) is 0 Å². The molecule has 15 heavy (non-hydrogen) atoms. The van der Waals surface area contributed by atoms with Crippen molar-refractivity contribution in [3.8, 4) is 0 Å². The van der Waals surface area contributed by atoms with E-state index in [0.29, 0.717) is 12.8 Å². The monoisotopic (exact) mass is 221 g/mol. The first-order chi connectivity index (χ1) is 7.13. The van der Waals surface area contributed by atoms with Crippen LogP contribution in [-0.2, 0) is 0 Å². The minimum absolute atomic E-state index is 0.0694. The van der Waals surface area contributed by atoms with Gasteiger partial charge in [-0.3, -0.25) is 10.1 Å². The maximum atomic E-state index is 11.0. The number of rotatable bonds is 9. The Hall–Kier alpha value is -0.720. The zero-order valence-electron chi connectivity index (χ0n) is 8.76. The molecule has 3 N–H and O–H groups in total. The van der Waals surface area contributed by atoms with Crippen LogP contribution < -0.4 is 0 Å². The quantitative estimate of drug-likeness (QED) is 0.373. The predicted molar refractivity (Wildman–Crippen MR) is 54.1 cm³/mol. The number of aliphatic hydroxyl groups excluding tert-OH is 3. The molecule has 0 aromatic rings. The van der Waals surface area contributed by atoms with E-state index >= 15 is 0 Å². The molecule has 0 amide bonds. The Bertz CT molecular complexity index is 177. The summed E-state index contributed by atoms with van der Waals surface area (Å²) in [5, 5.41) is 37.1. The third-order valence-electron chi connectivity index (χ3n) is 2.56. The van der Waals surface area contributed by atoms with E-state index in [4.69, 9.17) is 15.3 Å². The summed E-state index contributed by atoms with van der Waals surface area (Å²) >= 11 is 0. The van der Waals surface area contributed by atoms with E-state index in [1.54, 1.807) is 0 Å². The molecule has 0 radical (unpaired) electrons. The van der Waals surface area contributed by atoms with Crippen molar-refractivity contribution in [2.45, 2.75) is 37.6 Å². The van der Waals surface area contributed by atoms with Crippen molar-refractivity contribution in [1.82, 2.24) is 0 Å². The lowest BCUT2D eigenvalue weighted by Gasteiger charge is -2.24. The van der Waals surface area contributed by atoms with Crippen molar-refractivity contribution < 1.29 is 20.2 Å². The summed E-state index contributed by atoms with van der Waals surface area (Å²) in [6, 6.07) is 0. The van der Waals surface area contributed by atoms with E-state index in [-0.39, 0.29) is 39.1 Å². The average molecular weight is 221 g/mol. The van der Waals surface area contributed by atoms with Gasteiger partial charge in [0.25, 0.3) is 0 Å². The standard InChI is InChI=1S/C9H19NO5/c11-6-1-3-9(5-8-13,10(14)15)4-2-7-12/h11-13H,1-8H2. The van der Waals surface area contributed by atoms with Gasteiger partial charge in [-0.1, -0.05) is 0 Å². The lowest BCUT2D eigenvalue weighted by Crippen LogP contribution is -2.39. The number of nitro groups is 1. The molecule has 0 fully saturated rings. The highest BCUT2D eigenvalue weighted by Crippen LogP contribution is 2.27. The molecule has 6 heteroatoms.